The molecule has 1 unspecified atom stereocenters. The van der Waals surface area contributed by atoms with Gasteiger partial charge in [-0.3, -0.25) is 4.79 Å². The van der Waals surface area contributed by atoms with Crippen molar-refractivity contribution in [1.29, 1.82) is 0 Å². The maximum absolute atomic E-state index is 12.3. The summed E-state index contributed by atoms with van der Waals surface area (Å²) in [6.45, 7) is 2.19. The van der Waals surface area contributed by atoms with Gasteiger partial charge in [0.2, 0.25) is 17.7 Å². The fraction of sp³-hybridized carbons (Fsp3) is 0.467. The van der Waals surface area contributed by atoms with Gasteiger partial charge < -0.3 is 19.2 Å². The number of aryl methyl sites for hydroxylation is 1. The summed E-state index contributed by atoms with van der Waals surface area (Å²) in [4.78, 5) is 24.9. The summed E-state index contributed by atoms with van der Waals surface area (Å²) in [5, 5.41) is 20.8. The number of carbonyl (C=O) groups excluding carboxylic acids is 1. The minimum Gasteiger partial charge on any atom is -0.479 e. The summed E-state index contributed by atoms with van der Waals surface area (Å²) >= 11 is 1.54. The van der Waals surface area contributed by atoms with Crippen molar-refractivity contribution in [3.8, 4) is 11.5 Å². The number of rotatable bonds is 5. The quantitative estimate of drug-likeness (QED) is 0.868. The molecule has 0 bridgehead atoms. The number of carboxylic acids is 1. The highest BCUT2D eigenvalue weighted by Gasteiger charge is 2.32. The van der Waals surface area contributed by atoms with Gasteiger partial charge in [0.05, 0.1) is 12.6 Å². The third-order valence-electron chi connectivity index (χ3n) is 3.68. The minimum atomic E-state index is -1.06. The lowest BCUT2D eigenvalue weighted by Gasteiger charge is -2.34. The van der Waals surface area contributed by atoms with E-state index in [-0.39, 0.29) is 25.0 Å². The Morgan fingerprint density at radius 2 is 2.25 bits per heavy atom. The van der Waals surface area contributed by atoms with Crippen molar-refractivity contribution in [1.82, 2.24) is 15.1 Å². The lowest BCUT2D eigenvalue weighted by atomic mass is 10.2. The number of aromatic nitrogens is 2. The number of carbonyl (C=O) groups is 2. The molecule has 1 amide bonds. The van der Waals surface area contributed by atoms with E-state index in [1.165, 1.54) is 16.2 Å². The van der Waals surface area contributed by atoms with Crippen LogP contribution in [0.3, 0.4) is 0 Å². The average Bonchev–Trinajstić information content (AvgIpc) is 3.23. The van der Waals surface area contributed by atoms with Gasteiger partial charge in [-0.15, -0.1) is 10.2 Å². The Morgan fingerprint density at radius 1 is 1.42 bits per heavy atom. The van der Waals surface area contributed by atoms with E-state index >= 15 is 0 Å². The average molecular weight is 351 g/mol. The lowest BCUT2D eigenvalue weighted by Crippen LogP contribution is -2.51. The molecule has 24 heavy (non-hydrogen) atoms. The molecule has 2 aromatic heterocycles. The van der Waals surface area contributed by atoms with Crippen molar-refractivity contribution in [2.45, 2.75) is 32.0 Å². The Bertz CT molecular complexity index is 715. The van der Waals surface area contributed by atoms with Gasteiger partial charge in [-0.1, -0.05) is 0 Å². The van der Waals surface area contributed by atoms with Gasteiger partial charge in [-0.2, -0.15) is 11.3 Å². The molecule has 3 rings (SSSR count). The lowest BCUT2D eigenvalue weighted by molar-refractivity contribution is -0.166. The minimum absolute atomic E-state index is 0.0580. The standard InChI is InChI=1S/C15H17N3O5S/c1-9-6-18(7-11(22-9)15(20)21)13(19)3-2-12-16-17-14(23-12)10-4-5-24-8-10/h4-5,8-9,11H,2-3,6-7H2,1H3,(H,20,21)/t9-,11?/m1/s1. The number of amides is 1. The second kappa shape index (κ2) is 7.10. The molecule has 3 heterocycles. The van der Waals surface area contributed by atoms with Crippen LogP contribution in [-0.2, 0) is 20.7 Å². The Hall–Kier alpha value is -2.26. The molecule has 2 atom stereocenters. The van der Waals surface area contributed by atoms with E-state index in [0.717, 1.165) is 5.56 Å². The third kappa shape index (κ3) is 3.80. The Kier molecular flexibility index (Phi) is 4.91. The third-order valence-corrected chi connectivity index (χ3v) is 4.36. The molecular formula is C15H17N3O5S. The normalized spacial score (nSPS) is 21.0. The topological polar surface area (TPSA) is 106 Å². The smallest absolute Gasteiger partial charge is 0.334 e. The number of morpholine rings is 1. The molecular weight excluding hydrogens is 334 g/mol. The fourth-order valence-corrected chi connectivity index (χ4v) is 3.15. The molecule has 2 aromatic rings. The fourth-order valence-electron chi connectivity index (χ4n) is 2.52. The van der Waals surface area contributed by atoms with E-state index < -0.39 is 12.1 Å². The summed E-state index contributed by atoms with van der Waals surface area (Å²) in [5.41, 5.74) is 0.858. The van der Waals surface area contributed by atoms with Gasteiger partial charge in [0.25, 0.3) is 0 Å². The van der Waals surface area contributed by atoms with Gasteiger partial charge in [-0.25, -0.2) is 4.79 Å². The summed E-state index contributed by atoms with van der Waals surface area (Å²) in [7, 11) is 0. The van der Waals surface area contributed by atoms with Gasteiger partial charge in [0.15, 0.2) is 6.10 Å². The van der Waals surface area contributed by atoms with Gasteiger partial charge in [0.1, 0.15) is 0 Å². The molecule has 1 fully saturated rings. The number of ether oxygens (including phenoxy) is 1. The van der Waals surface area contributed by atoms with Crippen LogP contribution in [0.2, 0.25) is 0 Å². The summed E-state index contributed by atoms with van der Waals surface area (Å²) in [6, 6.07) is 1.88. The molecule has 9 heteroatoms. The molecule has 0 aromatic carbocycles. The highest BCUT2D eigenvalue weighted by atomic mass is 32.1. The number of nitrogens with zero attached hydrogens (tertiary/aromatic N) is 3. The van der Waals surface area contributed by atoms with Crippen LogP contribution in [-0.4, -0.2) is 57.4 Å². The van der Waals surface area contributed by atoms with Gasteiger partial charge >= 0.3 is 5.97 Å². The molecule has 0 saturated carbocycles. The van der Waals surface area contributed by atoms with Crippen molar-refractivity contribution >= 4 is 23.2 Å². The summed E-state index contributed by atoms with van der Waals surface area (Å²) in [5.74, 6) is -0.381. The maximum Gasteiger partial charge on any atom is 0.334 e. The Morgan fingerprint density at radius 3 is 2.96 bits per heavy atom. The number of hydrogen-bond acceptors (Lipinski definition) is 7. The zero-order valence-electron chi connectivity index (χ0n) is 13.0. The van der Waals surface area contributed by atoms with E-state index in [2.05, 4.69) is 10.2 Å². The van der Waals surface area contributed by atoms with Crippen molar-refractivity contribution in [2.75, 3.05) is 13.1 Å². The Labute approximate surface area is 142 Å². The predicted molar refractivity (Wildman–Crippen MR) is 84.5 cm³/mol. The van der Waals surface area contributed by atoms with Crippen LogP contribution in [0.1, 0.15) is 19.2 Å². The largest absolute Gasteiger partial charge is 0.479 e. The van der Waals surface area contributed by atoms with Crippen molar-refractivity contribution < 1.29 is 23.8 Å². The van der Waals surface area contributed by atoms with Crippen molar-refractivity contribution in [3.05, 3.63) is 22.7 Å². The SMILES string of the molecule is C[C@@H]1CN(C(=O)CCc2nnc(-c3ccsc3)o2)CC(C(=O)O)O1. The van der Waals surface area contributed by atoms with E-state index in [0.29, 0.717) is 24.7 Å². The van der Waals surface area contributed by atoms with Crippen molar-refractivity contribution in [2.24, 2.45) is 0 Å². The molecule has 1 aliphatic heterocycles. The molecule has 0 radical (unpaired) electrons. The van der Waals surface area contributed by atoms with Crippen LogP contribution < -0.4 is 0 Å². The summed E-state index contributed by atoms with van der Waals surface area (Å²) < 4.78 is 10.8. The van der Waals surface area contributed by atoms with Crippen LogP contribution in [0.4, 0.5) is 0 Å². The van der Waals surface area contributed by atoms with Crippen LogP contribution in [0.25, 0.3) is 11.5 Å². The first kappa shape index (κ1) is 16.6. The van der Waals surface area contributed by atoms with E-state index in [4.69, 9.17) is 14.3 Å². The predicted octanol–water partition coefficient (Wildman–Crippen LogP) is 1.43. The first-order valence-corrected chi connectivity index (χ1v) is 8.48. The molecule has 128 valence electrons. The van der Waals surface area contributed by atoms with E-state index in [9.17, 15) is 9.59 Å². The second-order valence-corrected chi connectivity index (χ2v) is 6.37. The molecule has 8 nitrogen and oxygen atoms in total. The Balaban J connectivity index is 1.56. The maximum atomic E-state index is 12.3. The highest BCUT2D eigenvalue weighted by Crippen LogP contribution is 2.21. The molecule has 0 aliphatic carbocycles. The van der Waals surface area contributed by atoms with Gasteiger partial charge in [0, 0.05) is 30.3 Å². The van der Waals surface area contributed by atoms with Gasteiger partial charge in [-0.05, 0) is 18.4 Å². The number of aliphatic carboxylic acids is 1. The van der Waals surface area contributed by atoms with Crippen LogP contribution in [0.15, 0.2) is 21.2 Å². The van der Waals surface area contributed by atoms with Crippen LogP contribution in [0, 0.1) is 0 Å². The molecule has 1 N–H and O–H groups in total. The zero-order valence-corrected chi connectivity index (χ0v) is 13.9. The first-order valence-electron chi connectivity index (χ1n) is 7.54. The number of carboxylic acid groups (broad SMARTS) is 1. The van der Waals surface area contributed by atoms with E-state index in [1.54, 1.807) is 6.92 Å². The first-order chi connectivity index (χ1) is 11.5. The number of hydrogen-bond donors (Lipinski definition) is 1. The second-order valence-electron chi connectivity index (χ2n) is 5.59. The number of thiophene rings is 1. The van der Waals surface area contributed by atoms with Crippen LogP contribution in [0.5, 0.6) is 0 Å². The van der Waals surface area contributed by atoms with Crippen LogP contribution >= 0.6 is 11.3 Å². The van der Waals surface area contributed by atoms with Crippen molar-refractivity contribution in [3.63, 3.8) is 0 Å². The molecule has 1 aliphatic rings. The highest BCUT2D eigenvalue weighted by molar-refractivity contribution is 7.08. The molecule has 0 spiro atoms. The summed E-state index contributed by atoms with van der Waals surface area (Å²) in [6.07, 6.45) is -0.784. The molecule has 1 saturated heterocycles. The zero-order chi connectivity index (χ0) is 17.1. The monoisotopic (exact) mass is 351 g/mol. The van der Waals surface area contributed by atoms with E-state index in [1.807, 2.05) is 16.8 Å².